The summed E-state index contributed by atoms with van der Waals surface area (Å²) in [4.78, 5) is 12.7. The molecule has 5 nitrogen and oxygen atoms in total. The van der Waals surface area contributed by atoms with E-state index in [4.69, 9.17) is 11.6 Å². The fraction of sp³-hybridized carbons (Fsp3) is 0.353. The number of thiophene rings is 1. The molecule has 1 saturated heterocycles. The molecule has 3 rings (SSSR count). The first kappa shape index (κ1) is 18.4. The van der Waals surface area contributed by atoms with Crippen molar-refractivity contribution >= 4 is 44.6 Å². The SMILES string of the molecule is Cc1cc(C)cc(NC(=O)[C@@H]2CCCN2S(=O)(=O)c2ccc(Cl)s2)c1. The summed E-state index contributed by atoms with van der Waals surface area (Å²) in [6.07, 6.45) is 1.16. The van der Waals surface area contributed by atoms with E-state index in [2.05, 4.69) is 5.32 Å². The van der Waals surface area contributed by atoms with Gasteiger partial charge < -0.3 is 5.32 Å². The zero-order valence-electron chi connectivity index (χ0n) is 14.0. The lowest BCUT2D eigenvalue weighted by Crippen LogP contribution is -2.42. The highest BCUT2D eigenvalue weighted by Crippen LogP contribution is 2.32. The van der Waals surface area contributed by atoms with Crippen LogP contribution in [0.4, 0.5) is 5.69 Å². The zero-order chi connectivity index (χ0) is 18.2. The van der Waals surface area contributed by atoms with Gasteiger partial charge in [0.2, 0.25) is 5.91 Å². The van der Waals surface area contributed by atoms with Crippen LogP contribution in [0, 0.1) is 13.8 Å². The fourth-order valence-electron chi connectivity index (χ4n) is 3.11. The Kier molecular flexibility index (Phi) is 5.20. The van der Waals surface area contributed by atoms with Crippen LogP contribution in [0.2, 0.25) is 4.34 Å². The number of hydrogen-bond acceptors (Lipinski definition) is 4. The lowest BCUT2D eigenvalue weighted by Gasteiger charge is -2.22. The van der Waals surface area contributed by atoms with Gasteiger partial charge in [0.1, 0.15) is 10.3 Å². The summed E-state index contributed by atoms with van der Waals surface area (Å²) in [6, 6.07) is 8.10. The molecule has 1 N–H and O–H groups in total. The van der Waals surface area contributed by atoms with Gasteiger partial charge in [-0.1, -0.05) is 17.7 Å². The van der Waals surface area contributed by atoms with E-state index in [0.29, 0.717) is 29.4 Å². The second-order valence-electron chi connectivity index (χ2n) is 6.20. The van der Waals surface area contributed by atoms with Crippen LogP contribution < -0.4 is 5.32 Å². The predicted octanol–water partition coefficient (Wildman–Crippen LogP) is 3.81. The van der Waals surface area contributed by atoms with Gasteiger partial charge in [0.25, 0.3) is 10.0 Å². The van der Waals surface area contributed by atoms with Gasteiger partial charge in [0.15, 0.2) is 0 Å². The van der Waals surface area contributed by atoms with Crippen LogP contribution in [0.15, 0.2) is 34.5 Å². The van der Waals surface area contributed by atoms with Crippen molar-refractivity contribution in [2.75, 3.05) is 11.9 Å². The molecule has 8 heteroatoms. The third-order valence-electron chi connectivity index (χ3n) is 4.11. The van der Waals surface area contributed by atoms with Crippen molar-refractivity contribution in [3.05, 3.63) is 45.8 Å². The Labute approximate surface area is 156 Å². The molecule has 0 saturated carbocycles. The molecule has 1 atom stereocenters. The van der Waals surface area contributed by atoms with Crippen molar-refractivity contribution in [3.8, 4) is 0 Å². The van der Waals surface area contributed by atoms with E-state index < -0.39 is 16.1 Å². The molecule has 2 heterocycles. The quantitative estimate of drug-likeness (QED) is 0.851. The van der Waals surface area contributed by atoms with Crippen molar-refractivity contribution < 1.29 is 13.2 Å². The third-order valence-corrected chi connectivity index (χ3v) is 7.71. The molecule has 0 aliphatic carbocycles. The maximum Gasteiger partial charge on any atom is 0.253 e. The Bertz CT molecular complexity index is 888. The minimum Gasteiger partial charge on any atom is -0.325 e. The average Bonchev–Trinajstić information content (AvgIpc) is 3.15. The second-order valence-corrected chi connectivity index (χ2v) is 10.0. The number of amides is 1. The van der Waals surface area contributed by atoms with Crippen LogP contribution in [-0.2, 0) is 14.8 Å². The molecule has 1 aliphatic heterocycles. The summed E-state index contributed by atoms with van der Waals surface area (Å²) in [5.41, 5.74) is 2.77. The Morgan fingerprint density at radius 3 is 2.52 bits per heavy atom. The normalized spacial score (nSPS) is 18.4. The van der Waals surface area contributed by atoms with Gasteiger partial charge >= 0.3 is 0 Å². The molecule has 1 aliphatic rings. The smallest absolute Gasteiger partial charge is 0.253 e. The number of halogens is 1. The van der Waals surface area contributed by atoms with Gasteiger partial charge in [-0.15, -0.1) is 11.3 Å². The first-order valence-electron chi connectivity index (χ1n) is 7.94. The van der Waals surface area contributed by atoms with Crippen LogP contribution in [0.25, 0.3) is 0 Å². The maximum atomic E-state index is 12.8. The fourth-order valence-corrected chi connectivity index (χ4v) is 6.38. The van der Waals surface area contributed by atoms with Crippen molar-refractivity contribution in [1.82, 2.24) is 4.31 Å². The van der Waals surface area contributed by atoms with Gasteiger partial charge in [0, 0.05) is 12.2 Å². The minimum atomic E-state index is -3.71. The molecule has 1 aromatic heterocycles. The molecule has 1 aromatic carbocycles. The molecule has 2 aromatic rings. The Hall–Kier alpha value is -1.41. The van der Waals surface area contributed by atoms with Gasteiger partial charge in [-0.25, -0.2) is 8.42 Å². The molecule has 1 amide bonds. The highest BCUT2D eigenvalue weighted by molar-refractivity contribution is 7.91. The van der Waals surface area contributed by atoms with Gasteiger partial charge in [-0.3, -0.25) is 4.79 Å². The van der Waals surface area contributed by atoms with Crippen LogP contribution in [0.5, 0.6) is 0 Å². The minimum absolute atomic E-state index is 0.170. The van der Waals surface area contributed by atoms with Crippen molar-refractivity contribution in [3.63, 3.8) is 0 Å². The standard InChI is InChI=1S/C17H19ClN2O3S2/c1-11-8-12(2)10-13(9-11)19-17(21)14-4-3-7-20(14)25(22,23)16-6-5-15(18)24-16/h5-6,8-10,14H,3-4,7H2,1-2H3,(H,19,21)/t14-/m0/s1. The van der Waals surface area contributed by atoms with E-state index >= 15 is 0 Å². The summed E-state index contributed by atoms with van der Waals surface area (Å²) >= 11 is 6.87. The van der Waals surface area contributed by atoms with Crippen molar-refractivity contribution in [2.45, 2.75) is 36.9 Å². The number of carbonyl (C=O) groups is 1. The average molecular weight is 399 g/mol. The van der Waals surface area contributed by atoms with Crippen LogP contribution in [0.1, 0.15) is 24.0 Å². The summed E-state index contributed by atoms with van der Waals surface area (Å²) in [7, 11) is -3.71. The van der Waals surface area contributed by atoms with E-state index in [-0.39, 0.29) is 10.1 Å². The maximum absolute atomic E-state index is 12.8. The van der Waals surface area contributed by atoms with Crippen LogP contribution in [0.3, 0.4) is 0 Å². The number of anilines is 1. The molecule has 0 bridgehead atoms. The first-order valence-corrected chi connectivity index (χ1v) is 10.6. The molecular weight excluding hydrogens is 380 g/mol. The number of rotatable bonds is 4. The summed E-state index contributed by atoms with van der Waals surface area (Å²) in [5.74, 6) is -0.297. The van der Waals surface area contributed by atoms with E-state index in [0.717, 1.165) is 22.5 Å². The van der Waals surface area contributed by atoms with E-state index in [1.807, 2.05) is 32.0 Å². The molecule has 0 unspecified atom stereocenters. The molecule has 0 spiro atoms. The molecule has 0 radical (unpaired) electrons. The number of aryl methyl sites for hydroxylation is 2. The number of carbonyl (C=O) groups excluding carboxylic acids is 1. The van der Waals surface area contributed by atoms with Gasteiger partial charge in [-0.05, 0) is 62.1 Å². The second kappa shape index (κ2) is 7.07. The highest BCUT2D eigenvalue weighted by atomic mass is 35.5. The molecule has 1 fully saturated rings. The molecule has 134 valence electrons. The topological polar surface area (TPSA) is 66.5 Å². The summed E-state index contributed by atoms with van der Waals surface area (Å²) in [5, 5.41) is 2.86. The van der Waals surface area contributed by atoms with Crippen molar-refractivity contribution in [1.29, 1.82) is 0 Å². The number of sulfonamides is 1. The number of nitrogens with one attached hydrogen (secondary N) is 1. The molecular formula is C17H19ClN2O3S2. The Morgan fingerprint density at radius 2 is 1.92 bits per heavy atom. The van der Waals surface area contributed by atoms with Gasteiger partial charge in [-0.2, -0.15) is 4.31 Å². The van der Waals surface area contributed by atoms with E-state index in [1.54, 1.807) is 6.07 Å². The number of benzene rings is 1. The third kappa shape index (κ3) is 3.89. The van der Waals surface area contributed by atoms with Crippen LogP contribution in [-0.4, -0.2) is 31.2 Å². The Morgan fingerprint density at radius 1 is 1.24 bits per heavy atom. The highest BCUT2D eigenvalue weighted by Gasteiger charge is 2.40. The predicted molar refractivity (Wildman–Crippen MR) is 101 cm³/mol. The zero-order valence-corrected chi connectivity index (χ0v) is 16.3. The lowest BCUT2D eigenvalue weighted by atomic mass is 10.1. The monoisotopic (exact) mass is 398 g/mol. The summed E-state index contributed by atoms with van der Waals surface area (Å²) < 4.78 is 27.5. The molecule has 25 heavy (non-hydrogen) atoms. The first-order chi connectivity index (χ1) is 11.8. The van der Waals surface area contributed by atoms with Gasteiger partial charge in [0.05, 0.1) is 4.34 Å². The van der Waals surface area contributed by atoms with E-state index in [1.165, 1.54) is 10.4 Å². The Balaban J connectivity index is 1.82. The lowest BCUT2D eigenvalue weighted by molar-refractivity contribution is -0.119. The van der Waals surface area contributed by atoms with E-state index in [9.17, 15) is 13.2 Å². The summed E-state index contributed by atoms with van der Waals surface area (Å²) in [6.45, 7) is 4.24. The number of hydrogen-bond donors (Lipinski definition) is 1. The van der Waals surface area contributed by atoms with Crippen LogP contribution >= 0.6 is 22.9 Å². The largest absolute Gasteiger partial charge is 0.325 e. The number of nitrogens with zero attached hydrogens (tertiary/aromatic N) is 1. The van der Waals surface area contributed by atoms with Crippen molar-refractivity contribution in [2.24, 2.45) is 0 Å².